The van der Waals surface area contributed by atoms with Crippen LogP contribution in [-0.2, 0) is 4.79 Å². The van der Waals surface area contributed by atoms with Crippen LogP contribution in [0.15, 0.2) is 12.4 Å². The number of aryl methyl sites for hydroxylation is 1. The van der Waals surface area contributed by atoms with Gasteiger partial charge in [-0.1, -0.05) is 0 Å². The number of nitrogens with zero attached hydrogens (tertiary/aromatic N) is 3. The molecule has 5 nitrogen and oxygen atoms in total. The highest BCUT2D eigenvalue weighted by molar-refractivity contribution is 5.85. The largest absolute Gasteiger partial charge is 0.341 e. The van der Waals surface area contributed by atoms with Crippen molar-refractivity contribution in [1.82, 2.24) is 20.0 Å². The maximum absolute atomic E-state index is 12.8. The van der Waals surface area contributed by atoms with E-state index in [1.807, 2.05) is 6.20 Å². The predicted octanol–water partition coefficient (Wildman–Crippen LogP) is 3.12. The van der Waals surface area contributed by atoms with Gasteiger partial charge in [-0.25, -0.2) is 0 Å². The third kappa shape index (κ3) is 4.69. The summed E-state index contributed by atoms with van der Waals surface area (Å²) < 4.78 is 2.06. The lowest BCUT2D eigenvalue weighted by Crippen LogP contribution is -2.43. The number of likely N-dealkylation sites (tertiary alicyclic amines) is 1. The van der Waals surface area contributed by atoms with Crippen LogP contribution in [0.1, 0.15) is 56.6 Å². The van der Waals surface area contributed by atoms with Gasteiger partial charge < -0.3 is 10.2 Å². The number of hydrogen-bond acceptors (Lipinski definition) is 3. The first-order valence-electron chi connectivity index (χ1n) is 9.22. The molecule has 3 saturated heterocycles. The first-order valence-corrected chi connectivity index (χ1v) is 9.22. The van der Waals surface area contributed by atoms with Crippen LogP contribution >= 0.6 is 24.8 Å². The van der Waals surface area contributed by atoms with Crippen LogP contribution in [0.5, 0.6) is 0 Å². The maximum atomic E-state index is 12.8. The molecular formula is C18H30Cl2N4O. The molecule has 25 heavy (non-hydrogen) atoms. The zero-order valence-electron chi connectivity index (χ0n) is 14.9. The van der Waals surface area contributed by atoms with E-state index in [-0.39, 0.29) is 24.8 Å². The average Bonchev–Trinajstić information content (AvgIpc) is 3.13. The Balaban J connectivity index is 0.00000113. The van der Waals surface area contributed by atoms with Gasteiger partial charge in [-0.15, -0.1) is 24.8 Å². The fraction of sp³-hybridized carbons (Fsp3) is 0.778. The number of halogens is 2. The quantitative estimate of drug-likeness (QED) is 0.864. The van der Waals surface area contributed by atoms with Gasteiger partial charge in [-0.05, 0) is 56.9 Å². The van der Waals surface area contributed by atoms with E-state index in [4.69, 9.17) is 0 Å². The van der Waals surface area contributed by atoms with Gasteiger partial charge in [0.1, 0.15) is 0 Å². The Kier molecular flexibility index (Phi) is 7.18. The van der Waals surface area contributed by atoms with Crippen LogP contribution in [0, 0.1) is 12.8 Å². The Bertz CT molecular complexity index is 567. The molecule has 0 radical (unpaired) electrons. The Morgan fingerprint density at radius 2 is 1.96 bits per heavy atom. The van der Waals surface area contributed by atoms with Crippen molar-refractivity contribution in [2.75, 3.05) is 13.1 Å². The first kappa shape index (κ1) is 20.5. The number of fused-ring (bicyclic) bond motifs is 2. The Labute approximate surface area is 162 Å². The van der Waals surface area contributed by atoms with Gasteiger partial charge in [-0.2, -0.15) is 5.10 Å². The third-order valence-corrected chi connectivity index (χ3v) is 5.89. The smallest absolute Gasteiger partial charge is 0.222 e. The van der Waals surface area contributed by atoms with E-state index >= 15 is 0 Å². The Hall–Kier alpha value is -0.780. The van der Waals surface area contributed by atoms with Crippen LogP contribution in [0.2, 0.25) is 0 Å². The van der Waals surface area contributed by atoms with Crippen LogP contribution in [0.25, 0.3) is 0 Å². The highest BCUT2D eigenvalue weighted by atomic mass is 35.5. The molecule has 1 aromatic heterocycles. The second kappa shape index (κ2) is 8.74. The summed E-state index contributed by atoms with van der Waals surface area (Å²) in [7, 11) is 0. The summed E-state index contributed by atoms with van der Waals surface area (Å²) in [5.74, 6) is 0.957. The molecular weight excluding hydrogens is 359 g/mol. The molecule has 4 rings (SSSR count). The fourth-order valence-corrected chi connectivity index (χ4v) is 4.75. The van der Waals surface area contributed by atoms with E-state index in [0.29, 0.717) is 30.0 Å². The van der Waals surface area contributed by atoms with Crippen molar-refractivity contribution in [3.05, 3.63) is 18.0 Å². The molecule has 3 fully saturated rings. The molecule has 3 aliphatic rings. The topological polar surface area (TPSA) is 50.2 Å². The number of nitrogens with one attached hydrogen (secondary N) is 1. The Morgan fingerprint density at radius 1 is 1.24 bits per heavy atom. The maximum Gasteiger partial charge on any atom is 0.222 e. The molecule has 4 heterocycles. The lowest BCUT2D eigenvalue weighted by molar-refractivity contribution is -0.134. The fourth-order valence-electron chi connectivity index (χ4n) is 4.75. The second-order valence-corrected chi connectivity index (χ2v) is 7.81. The molecule has 142 valence electrons. The van der Waals surface area contributed by atoms with Crippen LogP contribution < -0.4 is 5.32 Å². The summed E-state index contributed by atoms with van der Waals surface area (Å²) in [6.45, 7) is 3.83. The molecule has 1 aromatic rings. The van der Waals surface area contributed by atoms with E-state index in [2.05, 4.69) is 33.1 Å². The second-order valence-electron chi connectivity index (χ2n) is 7.81. The highest BCUT2D eigenvalue weighted by Crippen LogP contribution is 2.33. The molecule has 7 heteroatoms. The Morgan fingerprint density at radius 3 is 2.60 bits per heavy atom. The van der Waals surface area contributed by atoms with Crippen molar-refractivity contribution in [3.63, 3.8) is 0 Å². The predicted molar refractivity (Wildman–Crippen MR) is 104 cm³/mol. The van der Waals surface area contributed by atoms with Crippen LogP contribution in [0.4, 0.5) is 0 Å². The minimum absolute atomic E-state index is 0. The zero-order valence-corrected chi connectivity index (χ0v) is 16.5. The van der Waals surface area contributed by atoms with E-state index in [0.717, 1.165) is 32.4 Å². The van der Waals surface area contributed by atoms with Crippen LogP contribution in [-0.4, -0.2) is 45.8 Å². The van der Waals surface area contributed by atoms with E-state index in [1.54, 1.807) is 0 Å². The van der Waals surface area contributed by atoms with Crippen molar-refractivity contribution >= 4 is 30.7 Å². The molecule has 3 unspecified atom stereocenters. The van der Waals surface area contributed by atoms with Crippen molar-refractivity contribution in [2.45, 2.75) is 70.0 Å². The lowest BCUT2D eigenvalue weighted by atomic mass is 9.89. The van der Waals surface area contributed by atoms with Gasteiger partial charge in [0.25, 0.3) is 0 Å². The number of aromatic nitrogens is 2. The molecule has 2 bridgehead atoms. The summed E-state index contributed by atoms with van der Waals surface area (Å²) >= 11 is 0. The summed E-state index contributed by atoms with van der Waals surface area (Å²) in [6, 6.07) is 1.70. The normalized spacial score (nSPS) is 31.2. The van der Waals surface area contributed by atoms with Gasteiger partial charge >= 0.3 is 0 Å². The molecule has 3 aliphatic heterocycles. The molecule has 0 aliphatic carbocycles. The molecule has 0 saturated carbocycles. The monoisotopic (exact) mass is 388 g/mol. The summed E-state index contributed by atoms with van der Waals surface area (Å²) in [4.78, 5) is 14.9. The number of piperidine rings is 2. The number of carbonyl (C=O) groups is 1. The molecule has 1 amide bonds. The van der Waals surface area contributed by atoms with E-state index in [1.165, 1.54) is 31.2 Å². The van der Waals surface area contributed by atoms with Gasteiger partial charge in [0.05, 0.1) is 12.2 Å². The zero-order chi connectivity index (χ0) is 15.8. The van der Waals surface area contributed by atoms with Crippen molar-refractivity contribution in [2.24, 2.45) is 5.92 Å². The van der Waals surface area contributed by atoms with E-state index < -0.39 is 0 Å². The summed E-state index contributed by atoms with van der Waals surface area (Å²) in [5, 5.41) is 8.11. The molecule has 0 spiro atoms. The number of rotatable bonds is 3. The lowest BCUT2D eigenvalue weighted by Gasteiger charge is -2.35. The number of carbonyl (C=O) groups excluding carboxylic acids is 1. The third-order valence-electron chi connectivity index (χ3n) is 5.89. The summed E-state index contributed by atoms with van der Waals surface area (Å²) in [5.41, 5.74) is 1.19. The van der Waals surface area contributed by atoms with Crippen molar-refractivity contribution < 1.29 is 4.79 Å². The number of hydrogen-bond donors (Lipinski definition) is 1. The first-order chi connectivity index (χ1) is 11.2. The van der Waals surface area contributed by atoms with Gasteiger partial charge in [-0.3, -0.25) is 9.48 Å². The average molecular weight is 389 g/mol. The van der Waals surface area contributed by atoms with Crippen LogP contribution in [0.3, 0.4) is 0 Å². The molecule has 1 N–H and O–H groups in total. The number of amides is 1. The van der Waals surface area contributed by atoms with Gasteiger partial charge in [0, 0.05) is 37.8 Å². The molecule has 0 aromatic carbocycles. The summed E-state index contributed by atoms with van der Waals surface area (Å²) in [6.07, 6.45) is 12.0. The van der Waals surface area contributed by atoms with Crippen molar-refractivity contribution in [1.29, 1.82) is 0 Å². The van der Waals surface area contributed by atoms with Crippen molar-refractivity contribution in [3.8, 4) is 0 Å². The minimum atomic E-state index is 0. The standard InChI is InChI=1S/C18H28N4O.2ClH/c1-13-10-19-22(11-13)17-3-2-6-21(12-17)18(23)9-14-7-15-4-5-16(8-14)20-15;;/h10-11,14-17,20H,2-9,12H2,1H3;2*1H. The molecule has 3 atom stereocenters. The SMILES string of the molecule is Cc1cnn(C2CCCN(C(=O)CC3CC4CCC(C3)N4)C2)c1.Cl.Cl. The van der Waals surface area contributed by atoms with Gasteiger partial charge in [0.15, 0.2) is 0 Å². The highest BCUT2D eigenvalue weighted by Gasteiger charge is 2.35. The van der Waals surface area contributed by atoms with Gasteiger partial charge in [0.2, 0.25) is 5.91 Å². The minimum Gasteiger partial charge on any atom is -0.341 e. The van der Waals surface area contributed by atoms with E-state index in [9.17, 15) is 4.79 Å².